The van der Waals surface area contributed by atoms with Gasteiger partial charge in [-0.3, -0.25) is 4.79 Å². The van der Waals surface area contributed by atoms with Crippen LogP contribution < -0.4 is 16.8 Å². The summed E-state index contributed by atoms with van der Waals surface area (Å²) < 4.78 is 13.8. The zero-order chi connectivity index (χ0) is 14.7. The number of hydrogen-bond donors (Lipinski definition) is 3. The number of primary amides is 1. The third-order valence-electron chi connectivity index (χ3n) is 3.80. The maximum Gasteiger partial charge on any atom is 0.250 e. The van der Waals surface area contributed by atoms with Crippen molar-refractivity contribution in [2.45, 2.75) is 13.3 Å². The molecular formula is C14H21FN4O. The Balaban J connectivity index is 2.02. The van der Waals surface area contributed by atoms with Crippen LogP contribution in [0.4, 0.5) is 15.8 Å². The number of nitrogens with one attached hydrogen (secondary N) is 1. The number of rotatable bonds is 5. The number of carbonyl (C=O) groups is 1. The van der Waals surface area contributed by atoms with Gasteiger partial charge in [0.15, 0.2) is 0 Å². The fourth-order valence-corrected chi connectivity index (χ4v) is 2.56. The number of amides is 1. The van der Waals surface area contributed by atoms with Crippen molar-refractivity contribution in [3.8, 4) is 0 Å². The van der Waals surface area contributed by atoms with Gasteiger partial charge >= 0.3 is 0 Å². The van der Waals surface area contributed by atoms with Gasteiger partial charge in [-0.25, -0.2) is 4.39 Å². The molecule has 2 rings (SSSR count). The number of hydrogen-bond acceptors (Lipinski definition) is 4. The molecule has 1 aromatic rings. The van der Waals surface area contributed by atoms with Crippen molar-refractivity contribution in [3.63, 3.8) is 0 Å². The molecule has 110 valence electrons. The SMILES string of the molecule is CCN1CCC(CNc2cc(C(N)=O)c(N)cc2F)C1. The number of likely N-dealkylation sites (tertiary alicyclic amines) is 1. The molecule has 0 saturated carbocycles. The van der Waals surface area contributed by atoms with E-state index in [1.807, 2.05) is 0 Å². The summed E-state index contributed by atoms with van der Waals surface area (Å²) in [5.41, 5.74) is 11.3. The van der Waals surface area contributed by atoms with Crippen LogP contribution in [0.1, 0.15) is 23.7 Å². The van der Waals surface area contributed by atoms with E-state index in [1.54, 1.807) is 0 Å². The highest BCUT2D eigenvalue weighted by Crippen LogP contribution is 2.23. The third kappa shape index (κ3) is 3.19. The van der Waals surface area contributed by atoms with E-state index in [-0.39, 0.29) is 16.9 Å². The van der Waals surface area contributed by atoms with Gasteiger partial charge in [0, 0.05) is 18.8 Å². The molecule has 5 nitrogen and oxygen atoms in total. The van der Waals surface area contributed by atoms with Crippen molar-refractivity contribution in [2.75, 3.05) is 37.2 Å². The fourth-order valence-electron chi connectivity index (χ4n) is 2.56. The predicted octanol–water partition coefficient (Wildman–Crippen LogP) is 1.26. The smallest absolute Gasteiger partial charge is 0.250 e. The number of anilines is 2. The maximum atomic E-state index is 13.8. The van der Waals surface area contributed by atoms with Crippen LogP contribution in [-0.4, -0.2) is 37.0 Å². The summed E-state index contributed by atoms with van der Waals surface area (Å²) in [6.07, 6.45) is 1.10. The fraction of sp³-hybridized carbons (Fsp3) is 0.500. The standard InChI is InChI=1S/C14H21FN4O/c1-2-19-4-3-9(8-19)7-18-13-5-10(14(17)20)12(16)6-11(13)15/h5-6,9,18H,2-4,7-8,16H2,1H3,(H2,17,20). The minimum absolute atomic E-state index is 0.0681. The van der Waals surface area contributed by atoms with Crippen LogP contribution >= 0.6 is 0 Å². The molecule has 1 heterocycles. The summed E-state index contributed by atoms with van der Waals surface area (Å²) in [6, 6.07) is 2.52. The average molecular weight is 280 g/mol. The van der Waals surface area contributed by atoms with Gasteiger partial charge in [-0.1, -0.05) is 6.92 Å². The van der Waals surface area contributed by atoms with Gasteiger partial charge < -0.3 is 21.7 Å². The van der Waals surface area contributed by atoms with Crippen LogP contribution in [0.25, 0.3) is 0 Å². The molecule has 0 aliphatic carbocycles. The van der Waals surface area contributed by atoms with Crippen LogP contribution in [0.15, 0.2) is 12.1 Å². The highest BCUT2D eigenvalue weighted by Gasteiger charge is 2.21. The number of halogens is 1. The van der Waals surface area contributed by atoms with E-state index < -0.39 is 11.7 Å². The van der Waals surface area contributed by atoms with Crippen LogP contribution in [-0.2, 0) is 0 Å². The molecule has 1 aliphatic heterocycles. The first-order valence-electron chi connectivity index (χ1n) is 6.86. The second-order valence-electron chi connectivity index (χ2n) is 5.21. The summed E-state index contributed by atoms with van der Waals surface area (Å²) in [4.78, 5) is 13.6. The topological polar surface area (TPSA) is 84.4 Å². The normalized spacial score (nSPS) is 19.2. The molecule has 0 spiro atoms. The van der Waals surface area contributed by atoms with Crippen LogP contribution in [0.3, 0.4) is 0 Å². The third-order valence-corrected chi connectivity index (χ3v) is 3.80. The Morgan fingerprint density at radius 2 is 2.30 bits per heavy atom. The van der Waals surface area contributed by atoms with Crippen molar-refractivity contribution in [1.82, 2.24) is 4.90 Å². The molecule has 5 N–H and O–H groups in total. The van der Waals surface area contributed by atoms with Crippen LogP contribution in [0.5, 0.6) is 0 Å². The summed E-state index contributed by atoms with van der Waals surface area (Å²) in [5, 5.41) is 3.06. The highest BCUT2D eigenvalue weighted by atomic mass is 19.1. The summed E-state index contributed by atoms with van der Waals surface area (Å²) in [5.74, 6) is -0.620. The lowest BCUT2D eigenvalue weighted by molar-refractivity contribution is 0.100. The number of nitrogens with zero attached hydrogens (tertiary/aromatic N) is 1. The van der Waals surface area contributed by atoms with Gasteiger partial charge in [-0.2, -0.15) is 0 Å². The first kappa shape index (κ1) is 14.6. The molecule has 0 bridgehead atoms. The van der Waals surface area contributed by atoms with Gasteiger partial charge in [0.25, 0.3) is 5.91 Å². The Kier molecular flexibility index (Phi) is 4.44. The number of nitrogen functional groups attached to an aromatic ring is 1. The number of carbonyl (C=O) groups excluding carboxylic acids is 1. The summed E-state index contributed by atoms with van der Waals surface area (Å²) >= 11 is 0. The molecule has 0 aromatic heterocycles. The van der Waals surface area contributed by atoms with Crippen LogP contribution in [0.2, 0.25) is 0 Å². The van der Waals surface area contributed by atoms with Gasteiger partial charge in [-0.05, 0) is 37.6 Å². The Bertz CT molecular complexity index is 506. The lowest BCUT2D eigenvalue weighted by Crippen LogP contribution is -2.23. The Morgan fingerprint density at radius 3 is 2.90 bits per heavy atom. The van der Waals surface area contributed by atoms with E-state index in [4.69, 9.17) is 11.5 Å². The molecule has 1 atom stereocenters. The largest absolute Gasteiger partial charge is 0.398 e. The van der Waals surface area contributed by atoms with Gasteiger partial charge in [-0.15, -0.1) is 0 Å². The first-order valence-corrected chi connectivity index (χ1v) is 6.86. The molecule has 1 saturated heterocycles. The van der Waals surface area contributed by atoms with Crippen molar-refractivity contribution in [2.24, 2.45) is 11.7 Å². The second-order valence-corrected chi connectivity index (χ2v) is 5.21. The zero-order valence-electron chi connectivity index (χ0n) is 11.7. The monoisotopic (exact) mass is 280 g/mol. The minimum atomic E-state index is -0.649. The van der Waals surface area contributed by atoms with Crippen molar-refractivity contribution < 1.29 is 9.18 Å². The summed E-state index contributed by atoms with van der Waals surface area (Å²) in [6.45, 7) is 5.95. The molecule has 20 heavy (non-hydrogen) atoms. The van der Waals surface area contributed by atoms with E-state index in [0.717, 1.165) is 32.1 Å². The van der Waals surface area contributed by atoms with Gasteiger partial charge in [0.1, 0.15) is 5.82 Å². The van der Waals surface area contributed by atoms with E-state index in [2.05, 4.69) is 17.1 Å². The quantitative estimate of drug-likeness (QED) is 0.709. The van der Waals surface area contributed by atoms with Crippen molar-refractivity contribution >= 4 is 17.3 Å². The van der Waals surface area contributed by atoms with Crippen molar-refractivity contribution in [1.29, 1.82) is 0 Å². The highest BCUT2D eigenvalue weighted by molar-refractivity contribution is 5.99. The van der Waals surface area contributed by atoms with E-state index >= 15 is 0 Å². The molecule has 1 aliphatic rings. The maximum absolute atomic E-state index is 13.8. The Morgan fingerprint density at radius 1 is 1.55 bits per heavy atom. The lowest BCUT2D eigenvalue weighted by Gasteiger charge is -2.15. The Hall–Kier alpha value is -1.82. The molecule has 1 fully saturated rings. The van der Waals surface area contributed by atoms with E-state index in [9.17, 15) is 9.18 Å². The summed E-state index contributed by atoms with van der Waals surface area (Å²) in [7, 11) is 0. The van der Waals surface area contributed by atoms with Crippen LogP contribution in [0, 0.1) is 11.7 Å². The molecule has 1 aromatic carbocycles. The zero-order valence-corrected chi connectivity index (χ0v) is 11.7. The van der Waals surface area contributed by atoms with Gasteiger partial charge in [0.05, 0.1) is 11.3 Å². The lowest BCUT2D eigenvalue weighted by atomic mass is 10.1. The molecule has 1 unspecified atom stereocenters. The predicted molar refractivity (Wildman–Crippen MR) is 78.0 cm³/mol. The van der Waals surface area contributed by atoms with Crippen molar-refractivity contribution in [3.05, 3.63) is 23.5 Å². The van der Waals surface area contributed by atoms with Gasteiger partial charge in [0.2, 0.25) is 0 Å². The van der Waals surface area contributed by atoms with E-state index in [0.29, 0.717) is 12.5 Å². The first-order chi connectivity index (χ1) is 9.51. The average Bonchev–Trinajstić information content (AvgIpc) is 2.85. The number of benzene rings is 1. The Labute approximate surface area is 118 Å². The minimum Gasteiger partial charge on any atom is -0.398 e. The number of nitrogens with two attached hydrogens (primary N) is 2. The molecular weight excluding hydrogens is 259 g/mol. The molecule has 6 heteroatoms. The molecule has 1 amide bonds. The van der Waals surface area contributed by atoms with E-state index in [1.165, 1.54) is 6.07 Å². The second kappa shape index (κ2) is 6.09. The molecule has 0 radical (unpaired) electrons.